The van der Waals surface area contributed by atoms with E-state index in [2.05, 4.69) is 0 Å². The molecule has 2 fully saturated rings. The number of rotatable bonds is 5. The van der Waals surface area contributed by atoms with Crippen LogP contribution in [0, 0.1) is 12.8 Å². The molecule has 5 rings (SSSR count). The van der Waals surface area contributed by atoms with Crippen LogP contribution in [0.3, 0.4) is 0 Å². The number of furan rings is 1. The molecule has 26 heavy (non-hydrogen) atoms. The molecule has 0 radical (unpaired) electrons. The highest BCUT2D eigenvalue weighted by Gasteiger charge is 2.30. The Morgan fingerprint density at radius 3 is 2.69 bits per heavy atom. The lowest BCUT2D eigenvalue weighted by atomic mass is 10.1. The van der Waals surface area contributed by atoms with Crippen molar-refractivity contribution in [3.63, 3.8) is 0 Å². The molecule has 0 aromatic carbocycles. The minimum atomic E-state index is 0.231. The van der Waals surface area contributed by atoms with Crippen molar-refractivity contribution in [1.82, 2.24) is 19.6 Å². The van der Waals surface area contributed by atoms with Gasteiger partial charge < -0.3 is 4.42 Å². The first kappa shape index (κ1) is 15.7. The molecular weight excluding hydrogens is 328 g/mol. The highest BCUT2D eigenvalue weighted by atomic mass is 16.3. The topological polar surface area (TPSA) is 73.3 Å². The highest BCUT2D eigenvalue weighted by molar-refractivity contribution is 5.85. The number of aryl methyl sites for hydroxylation is 1. The number of hydrogen-bond acceptors (Lipinski definition) is 5. The summed E-state index contributed by atoms with van der Waals surface area (Å²) in [6.07, 6.45) is 7.16. The summed E-state index contributed by atoms with van der Waals surface area (Å²) >= 11 is 0. The van der Waals surface area contributed by atoms with Gasteiger partial charge in [0.05, 0.1) is 5.69 Å². The number of aromatic nitrogens is 4. The van der Waals surface area contributed by atoms with Crippen molar-refractivity contribution >= 4 is 11.4 Å². The van der Waals surface area contributed by atoms with Crippen molar-refractivity contribution < 1.29 is 9.21 Å². The van der Waals surface area contributed by atoms with Gasteiger partial charge >= 0.3 is 0 Å². The van der Waals surface area contributed by atoms with Gasteiger partial charge in [-0.3, -0.25) is 4.79 Å². The summed E-state index contributed by atoms with van der Waals surface area (Å²) < 4.78 is 7.57. The van der Waals surface area contributed by atoms with Crippen LogP contribution < -0.4 is 0 Å². The first-order chi connectivity index (χ1) is 12.7. The third-order valence-electron chi connectivity index (χ3n) is 5.46. The van der Waals surface area contributed by atoms with Crippen molar-refractivity contribution in [3.8, 4) is 11.6 Å². The fourth-order valence-corrected chi connectivity index (χ4v) is 3.84. The van der Waals surface area contributed by atoms with Gasteiger partial charge in [-0.1, -0.05) is 12.8 Å². The van der Waals surface area contributed by atoms with Crippen LogP contribution in [0.15, 0.2) is 22.6 Å². The van der Waals surface area contributed by atoms with E-state index < -0.39 is 0 Å². The zero-order valence-electron chi connectivity index (χ0n) is 14.9. The molecule has 0 N–H and O–H groups in total. The second kappa shape index (κ2) is 6.04. The van der Waals surface area contributed by atoms with Gasteiger partial charge in [-0.05, 0) is 44.7 Å². The number of nitrogens with zero attached hydrogens (tertiary/aromatic N) is 4. The molecule has 0 aliphatic heterocycles. The normalized spacial score (nSPS) is 18.0. The molecule has 2 aliphatic rings. The van der Waals surface area contributed by atoms with Crippen LogP contribution in [0.2, 0.25) is 0 Å². The Morgan fingerprint density at radius 2 is 2.00 bits per heavy atom. The summed E-state index contributed by atoms with van der Waals surface area (Å²) in [5.41, 5.74) is 1.51. The predicted molar refractivity (Wildman–Crippen MR) is 95.9 cm³/mol. The van der Waals surface area contributed by atoms with E-state index in [1.807, 2.05) is 25.1 Å². The van der Waals surface area contributed by atoms with Gasteiger partial charge in [-0.25, -0.2) is 9.97 Å². The molecule has 0 spiro atoms. The van der Waals surface area contributed by atoms with Gasteiger partial charge in [0.2, 0.25) is 0 Å². The number of carbonyl (C=O) groups excluding carboxylic acids is 1. The number of hydrogen-bond donors (Lipinski definition) is 0. The van der Waals surface area contributed by atoms with Crippen molar-refractivity contribution in [2.45, 2.75) is 57.8 Å². The number of carbonyl (C=O) groups is 1. The summed E-state index contributed by atoms with van der Waals surface area (Å²) in [5.74, 6) is 3.94. The average Bonchev–Trinajstić information content (AvgIpc) is 3.00. The first-order valence-electron chi connectivity index (χ1n) is 9.53. The largest absolute Gasteiger partial charge is 0.458 e. The summed E-state index contributed by atoms with van der Waals surface area (Å²) in [7, 11) is 0. The lowest BCUT2D eigenvalue weighted by Gasteiger charge is -2.05. The van der Waals surface area contributed by atoms with E-state index >= 15 is 0 Å². The lowest BCUT2D eigenvalue weighted by Crippen LogP contribution is -2.09. The molecule has 0 saturated heterocycles. The van der Waals surface area contributed by atoms with Crippen LogP contribution in [0.1, 0.15) is 61.7 Å². The van der Waals surface area contributed by atoms with E-state index in [4.69, 9.17) is 19.5 Å². The maximum Gasteiger partial charge on any atom is 0.199 e. The smallest absolute Gasteiger partial charge is 0.199 e. The Balaban J connectivity index is 1.60. The minimum Gasteiger partial charge on any atom is -0.458 e. The van der Waals surface area contributed by atoms with E-state index in [1.54, 1.807) is 4.52 Å². The Bertz CT molecular complexity index is 977. The fourth-order valence-electron chi connectivity index (χ4n) is 3.84. The molecule has 0 unspecified atom stereocenters. The molecule has 2 saturated carbocycles. The Morgan fingerprint density at radius 1 is 1.19 bits per heavy atom. The van der Waals surface area contributed by atoms with Crippen molar-refractivity contribution in [2.75, 3.05) is 0 Å². The maximum atomic E-state index is 12.3. The quantitative estimate of drug-likeness (QED) is 0.698. The van der Waals surface area contributed by atoms with Crippen LogP contribution in [-0.4, -0.2) is 25.4 Å². The van der Waals surface area contributed by atoms with Crippen molar-refractivity contribution in [2.24, 2.45) is 5.92 Å². The van der Waals surface area contributed by atoms with Crippen molar-refractivity contribution in [3.05, 3.63) is 35.5 Å². The summed E-state index contributed by atoms with van der Waals surface area (Å²) in [6, 6.07) is 5.73. The lowest BCUT2D eigenvalue weighted by molar-refractivity contribution is -0.119. The molecule has 6 heteroatoms. The number of ketones is 1. The van der Waals surface area contributed by atoms with Crippen LogP contribution in [0.25, 0.3) is 17.2 Å². The SMILES string of the molecule is Cc1ccc(-c2nc(CC(=O)C3CC3)cc3nc(C4CCCC4)nn23)o1. The third kappa shape index (κ3) is 2.83. The molecule has 0 amide bonds. The van der Waals surface area contributed by atoms with Crippen molar-refractivity contribution in [1.29, 1.82) is 0 Å². The molecular formula is C20H22N4O2. The predicted octanol–water partition coefficient (Wildman–Crippen LogP) is 3.87. The molecule has 134 valence electrons. The Labute approximate surface area is 151 Å². The molecule has 3 heterocycles. The zero-order valence-corrected chi connectivity index (χ0v) is 14.9. The molecule has 3 aromatic rings. The molecule has 0 atom stereocenters. The van der Waals surface area contributed by atoms with E-state index in [9.17, 15) is 4.79 Å². The molecule has 2 aliphatic carbocycles. The standard InChI is InChI=1S/C20H22N4O2/c1-12-6-9-17(26-12)20-21-15(10-16(25)13-7-8-13)11-18-22-19(23-24(18)20)14-4-2-3-5-14/h6,9,11,13-14H,2-5,7-8,10H2,1H3. The summed E-state index contributed by atoms with van der Waals surface area (Å²) in [4.78, 5) is 21.8. The van der Waals surface area contributed by atoms with Gasteiger partial charge in [0.1, 0.15) is 11.5 Å². The zero-order chi connectivity index (χ0) is 17.7. The minimum absolute atomic E-state index is 0.231. The Hall–Kier alpha value is -2.50. The summed E-state index contributed by atoms with van der Waals surface area (Å²) in [5, 5.41) is 4.75. The second-order valence-corrected chi connectivity index (χ2v) is 7.62. The van der Waals surface area contributed by atoms with Gasteiger partial charge in [-0.15, -0.1) is 5.10 Å². The van der Waals surface area contributed by atoms with Gasteiger partial charge in [0, 0.05) is 24.3 Å². The highest BCUT2D eigenvalue weighted by Crippen LogP contribution is 2.34. The van der Waals surface area contributed by atoms with E-state index in [1.165, 1.54) is 12.8 Å². The van der Waals surface area contributed by atoms with Gasteiger partial charge in [-0.2, -0.15) is 4.52 Å². The molecule has 3 aromatic heterocycles. The van der Waals surface area contributed by atoms with E-state index in [-0.39, 0.29) is 11.7 Å². The van der Waals surface area contributed by atoms with Crippen LogP contribution in [0.4, 0.5) is 0 Å². The van der Waals surface area contributed by atoms with Gasteiger partial charge in [0.25, 0.3) is 0 Å². The van der Waals surface area contributed by atoms with Gasteiger partial charge in [0.15, 0.2) is 23.1 Å². The Kier molecular flexibility index (Phi) is 3.65. The monoisotopic (exact) mass is 350 g/mol. The average molecular weight is 350 g/mol. The fraction of sp³-hybridized carbons (Fsp3) is 0.500. The van der Waals surface area contributed by atoms with Crippen LogP contribution in [0.5, 0.6) is 0 Å². The van der Waals surface area contributed by atoms with Crippen LogP contribution >= 0.6 is 0 Å². The van der Waals surface area contributed by atoms with E-state index in [0.29, 0.717) is 23.9 Å². The van der Waals surface area contributed by atoms with Crippen LogP contribution in [-0.2, 0) is 11.2 Å². The first-order valence-corrected chi connectivity index (χ1v) is 9.53. The maximum absolute atomic E-state index is 12.3. The molecule has 0 bridgehead atoms. The van der Waals surface area contributed by atoms with E-state index in [0.717, 1.165) is 48.6 Å². The number of Topliss-reactive ketones (excluding diaryl/α,β-unsaturated/α-hetero) is 1. The second-order valence-electron chi connectivity index (χ2n) is 7.62. The molecule has 6 nitrogen and oxygen atoms in total. The summed E-state index contributed by atoms with van der Waals surface area (Å²) in [6.45, 7) is 1.91. The third-order valence-corrected chi connectivity index (χ3v) is 5.46. The number of fused-ring (bicyclic) bond motifs is 1.